The third-order valence-electron chi connectivity index (χ3n) is 5.61. The maximum atomic E-state index is 12.9. The molecule has 4 aromatic rings. The zero-order chi connectivity index (χ0) is 27.3. The first kappa shape index (κ1) is 27.2. The van der Waals surface area contributed by atoms with Crippen molar-refractivity contribution >= 4 is 32.6 Å². The van der Waals surface area contributed by atoms with Gasteiger partial charge in [0.05, 0.1) is 18.1 Å². The van der Waals surface area contributed by atoms with Crippen molar-refractivity contribution in [2.24, 2.45) is 0 Å². The Morgan fingerprint density at radius 1 is 1.13 bits per heavy atom. The molecule has 38 heavy (non-hydrogen) atoms. The number of anilines is 2. The van der Waals surface area contributed by atoms with Crippen LogP contribution in [0.3, 0.4) is 0 Å². The van der Waals surface area contributed by atoms with Crippen LogP contribution in [0, 0.1) is 6.92 Å². The van der Waals surface area contributed by atoms with Crippen molar-refractivity contribution in [3.63, 3.8) is 0 Å². The minimum absolute atomic E-state index is 0.0939. The Labute approximate surface area is 221 Å². The number of likely N-dealkylation sites (N-methyl/N-ethyl adjacent to an activating group) is 1. The average Bonchev–Trinajstić information content (AvgIpc) is 3.25. The van der Waals surface area contributed by atoms with E-state index in [2.05, 4.69) is 30.2 Å². The summed E-state index contributed by atoms with van der Waals surface area (Å²) in [5.74, 6) is 1.52. The van der Waals surface area contributed by atoms with Crippen molar-refractivity contribution in [1.82, 2.24) is 30.0 Å². The fourth-order valence-electron chi connectivity index (χ4n) is 3.75. The molecule has 0 aliphatic heterocycles. The molecule has 0 saturated heterocycles. The van der Waals surface area contributed by atoms with Gasteiger partial charge in [-0.3, -0.25) is 9.82 Å². The van der Waals surface area contributed by atoms with E-state index in [1.54, 1.807) is 30.3 Å². The smallest absolute Gasteiger partial charge is 0.279 e. The number of aliphatic hydroxyl groups is 1. The van der Waals surface area contributed by atoms with Crippen molar-refractivity contribution in [3.8, 4) is 17.1 Å². The van der Waals surface area contributed by atoms with Gasteiger partial charge in [0.25, 0.3) is 10.0 Å². The monoisotopic (exact) mass is 540 g/mol. The predicted octanol–water partition coefficient (Wildman–Crippen LogP) is 2.65. The average molecular weight is 541 g/mol. The molecule has 0 fully saturated rings. The first-order valence-corrected chi connectivity index (χ1v) is 13.7. The lowest BCUT2D eigenvalue weighted by molar-refractivity contribution is 0.225. The summed E-state index contributed by atoms with van der Waals surface area (Å²) < 4.78 is 33.9. The summed E-state index contributed by atoms with van der Waals surface area (Å²) in [5.41, 5.74) is 2.44. The van der Waals surface area contributed by atoms with Crippen molar-refractivity contribution in [1.29, 1.82) is 0 Å². The summed E-state index contributed by atoms with van der Waals surface area (Å²) in [6, 6.07) is 9.76. The molecule has 4 rings (SSSR count). The quantitative estimate of drug-likeness (QED) is 0.210. The van der Waals surface area contributed by atoms with Gasteiger partial charge in [-0.15, -0.1) is 0 Å². The van der Waals surface area contributed by atoms with Gasteiger partial charge in [0, 0.05) is 48.8 Å². The van der Waals surface area contributed by atoms with E-state index in [-0.39, 0.29) is 17.7 Å². The van der Waals surface area contributed by atoms with E-state index in [4.69, 9.17) is 14.8 Å². The van der Waals surface area contributed by atoms with Crippen molar-refractivity contribution in [2.75, 3.05) is 43.3 Å². The van der Waals surface area contributed by atoms with Gasteiger partial charge in [0.2, 0.25) is 0 Å². The highest BCUT2D eigenvalue weighted by Gasteiger charge is 2.18. The van der Waals surface area contributed by atoms with Crippen molar-refractivity contribution in [3.05, 3.63) is 48.3 Å². The summed E-state index contributed by atoms with van der Waals surface area (Å²) >= 11 is 0. The van der Waals surface area contributed by atoms with E-state index >= 15 is 0 Å². The topological polar surface area (TPSA) is 158 Å². The normalized spacial score (nSPS) is 11.9. The highest BCUT2D eigenvalue weighted by atomic mass is 32.2. The van der Waals surface area contributed by atoms with E-state index in [0.717, 1.165) is 11.1 Å². The van der Waals surface area contributed by atoms with E-state index in [1.807, 2.05) is 32.7 Å². The zero-order valence-corrected chi connectivity index (χ0v) is 22.6. The fourth-order valence-corrected chi connectivity index (χ4v) is 4.77. The van der Waals surface area contributed by atoms with Crippen molar-refractivity contribution < 1.29 is 18.3 Å². The van der Waals surface area contributed by atoms with E-state index in [9.17, 15) is 8.42 Å². The molecule has 0 bridgehead atoms. The van der Waals surface area contributed by atoms with Crippen LogP contribution in [0.2, 0.25) is 0 Å². The van der Waals surface area contributed by atoms with Crippen LogP contribution in [-0.2, 0) is 10.0 Å². The molecule has 13 heteroatoms. The van der Waals surface area contributed by atoms with E-state index in [1.165, 1.54) is 12.3 Å². The molecule has 0 atom stereocenters. The van der Waals surface area contributed by atoms with Crippen molar-refractivity contribution in [2.45, 2.75) is 31.9 Å². The largest absolute Gasteiger partial charge is 0.491 e. The number of aryl methyl sites for hydroxylation is 1. The summed E-state index contributed by atoms with van der Waals surface area (Å²) in [5, 5.41) is 20.4. The van der Waals surface area contributed by atoms with Crippen LogP contribution in [-0.4, -0.2) is 83.0 Å². The SMILES string of the molecule is Cc1[nH]nc2nc(-c3ccc(NS(=O)(=O)c4cc(OC(C)C)ccn4)cc3)nc(NCCN(C)CCO)c12. The Morgan fingerprint density at radius 3 is 2.61 bits per heavy atom. The number of ether oxygens (including phenoxy) is 1. The first-order valence-electron chi connectivity index (χ1n) is 12.2. The molecule has 1 aromatic carbocycles. The second kappa shape index (κ2) is 11.7. The highest BCUT2D eigenvalue weighted by molar-refractivity contribution is 7.92. The fraction of sp³-hybridized carbons (Fsp3) is 0.360. The molecule has 4 N–H and O–H groups in total. The van der Waals surface area contributed by atoms with Crippen LogP contribution in [0.15, 0.2) is 47.6 Å². The minimum Gasteiger partial charge on any atom is -0.491 e. The van der Waals surface area contributed by atoms with Gasteiger partial charge >= 0.3 is 0 Å². The number of nitrogens with one attached hydrogen (secondary N) is 3. The van der Waals surface area contributed by atoms with Crippen LogP contribution in [0.25, 0.3) is 22.4 Å². The van der Waals surface area contributed by atoms with Crippen LogP contribution in [0.1, 0.15) is 19.5 Å². The maximum absolute atomic E-state index is 12.9. The molecule has 0 aliphatic rings. The molecule has 0 radical (unpaired) electrons. The van der Waals surface area contributed by atoms with Gasteiger partial charge in [0.1, 0.15) is 11.6 Å². The van der Waals surface area contributed by atoms with Gasteiger partial charge in [-0.2, -0.15) is 13.5 Å². The number of aromatic nitrogens is 5. The number of rotatable bonds is 12. The number of H-pyrrole nitrogens is 1. The lowest BCUT2D eigenvalue weighted by Crippen LogP contribution is -2.28. The third kappa shape index (κ3) is 6.54. The van der Waals surface area contributed by atoms with Crippen LogP contribution < -0.4 is 14.8 Å². The van der Waals surface area contributed by atoms with Crippen LogP contribution >= 0.6 is 0 Å². The number of aromatic amines is 1. The number of benzene rings is 1. The van der Waals surface area contributed by atoms with Gasteiger partial charge in [-0.05, 0) is 58.2 Å². The second-order valence-corrected chi connectivity index (χ2v) is 10.7. The lowest BCUT2D eigenvalue weighted by Gasteiger charge is -2.16. The predicted molar refractivity (Wildman–Crippen MR) is 146 cm³/mol. The number of pyridine rings is 1. The number of hydrogen-bond acceptors (Lipinski definition) is 10. The van der Waals surface area contributed by atoms with Crippen LogP contribution in [0.5, 0.6) is 5.75 Å². The standard InChI is InChI=1S/C25H32N8O4S/c1-16(2)37-20-9-10-26-21(15-20)38(35,36)32-19-7-5-18(6-8-19)23-28-24(27-11-12-33(4)13-14-34)22-17(3)30-31-25(22)29-23/h5-10,15-16,32,34H,11-14H2,1-4H3,(H2,27,28,29,30,31). The number of hydrogen-bond donors (Lipinski definition) is 4. The molecule has 0 saturated carbocycles. The van der Waals surface area contributed by atoms with Crippen LogP contribution in [0.4, 0.5) is 11.5 Å². The van der Waals surface area contributed by atoms with Gasteiger partial charge in [-0.1, -0.05) is 0 Å². The van der Waals surface area contributed by atoms with Gasteiger partial charge in [0.15, 0.2) is 16.5 Å². The first-order chi connectivity index (χ1) is 18.2. The number of aliphatic hydroxyl groups excluding tert-OH is 1. The Hall–Kier alpha value is -3.81. The van der Waals surface area contributed by atoms with E-state index in [0.29, 0.717) is 53.9 Å². The number of fused-ring (bicyclic) bond motifs is 1. The molecule has 0 unspecified atom stereocenters. The molecular formula is C25H32N8O4S. The second-order valence-electron chi connectivity index (χ2n) is 9.08. The lowest BCUT2D eigenvalue weighted by atomic mass is 10.2. The Bertz CT molecular complexity index is 1490. The molecule has 3 heterocycles. The van der Waals surface area contributed by atoms with Gasteiger partial charge in [-0.25, -0.2) is 15.0 Å². The minimum atomic E-state index is -3.92. The third-order valence-corrected chi connectivity index (χ3v) is 6.89. The molecular weight excluding hydrogens is 508 g/mol. The molecule has 0 amide bonds. The Kier molecular flexibility index (Phi) is 8.39. The molecule has 202 valence electrons. The molecule has 12 nitrogen and oxygen atoms in total. The summed E-state index contributed by atoms with van der Waals surface area (Å²) in [7, 11) is -1.99. The Morgan fingerprint density at radius 2 is 1.89 bits per heavy atom. The number of nitrogens with zero attached hydrogens (tertiary/aromatic N) is 5. The van der Waals surface area contributed by atoms with E-state index < -0.39 is 10.0 Å². The molecule has 0 aliphatic carbocycles. The summed E-state index contributed by atoms with van der Waals surface area (Å²) in [6.07, 6.45) is 1.30. The molecule has 0 spiro atoms. The maximum Gasteiger partial charge on any atom is 0.279 e. The highest BCUT2D eigenvalue weighted by Crippen LogP contribution is 2.27. The van der Waals surface area contributed by atoms with Gasteiger partial charge < -0.3 is 20.1 Å². The molecule has 3 aromatic heterocycles. The Balaban J connectivity index is 1.54. The summed E-state index contributed by atoms with van der Waals surface area (Å²) in [6.45, 7) is 7.64. The number of sulfonamides is 1. The zero-order valence-electron chi connectivity index (χ0n) is 21.8. The summed E-state index contributed by atoms with van der Waals surface area (Å²) in [4.78, 5) is 15.3.